The average Bonchev–Trinajstić information content (AvgIpc) is 3.64. The van der Waals surface area contributed by atoms with Crippen LogP contribution in [-0.4, -0.2) is 76.8 Å². The molecule has 0 spiro atoms. The molecule has 1 saturated carbocycles. The first kappa shape index (κ1) is 39.7. The van der Waals surface area contributed by atoms with Gasteiger partial charge in [0.25, 0.3) is 11.8 Å². The molecule has 0 saturated heterocycles. The highest BCUT2D eigenvalue weighted by Crippen LogP contribution is 2.40. The van der Waals surface area contributed by atoms with Gasteiger partial charge in [0.15, 0.2) is 0 Å². The third-order valence-electron chi connectivity index (χ3n) is 8.47. The van der Waals surface area contributed by atoms with Gasteiger partial charge in [-0.3, -0.25) is 19.5 Å². The third-order valence-corrected chi connectivity index (χ3v) is 8.47. The van der Waals surface area contributed by atoms with Gasteiger partial charge in [-0.05, 0) is 73.2 Å². The molecule has 2 aromatic carbocycles. The second-order valence-corrected chi connectivity index (χ2v) is 12.0. The number of amides is 2. The van der Waals surface area contributed by atoms with Crippen LogP contribution in [0.25, 0.3) is 16.8 Å². The number of carboxylic acid groups (broad SMARTS) is 2. The molecule has 1 aliphatic heterocycles. The first-order chi connectivity index (χ1) is 25.9. The molecule has 2 atom stereocenters. The van der Waals surface area contributed by atoms with Crippen LogP contribution < -0.4 is 5.32 Å². The fourth-order valence-electron chi connectivity index (χ4n) is 6.05. The maximum Gasteiger partial charge on any atom is 0.490 e. The minimum absolute atomic E-state index is 0.0609. The summed E-state index contributed by atoms with van der Waals surface area (Å²) >= 11 is 0. The van der Waals surface area contributed by atoms with Gasteiger partial charge in [0.1, 0.15) is 11.6 Å². The van der Waals surface area contributed by atoms with Gasteiger partial charge in [0.05, 0.1) is 46.0 Å². The quantitative estimate of drug-likeness (QED) is 0.121. The largest absolute Gasteiger partial charge is 0.490 e. The molecule has 1 fully saturated rings. The van der Waals surface area contributed by atoms with Gasteiger partial charge >= 0.3 is 24.3 Å². The highest BCUT2D eigenvalue weighted by molar-refractivity contribution is 6.21. The number of hydrogen-bond donors (Lipinski definition) is 3. The molecular formula is C35H26F8N6O6. The van der Waals surface area contributed by atoms with E-state index in [4.69, 9.17) is 19.8 Å². The molecule has 0 radical (unpaired) electrons. The van der Waals surface area contributed by atoms with Crippen molar-refractivity contribution in [1.29, 1.82) is 0 Å². The molecule has 4 heterocycles. The molecule has 12 nitrogen and oxygen atoms in total. The molecule has 2 amide bonds. The summed E-state index contributed by atoms with van der Waals surface area (Å²) in [5.74, 6) is -6.97. The molecule has 5 aromatic rings. The molecule has 0 unspecified atom stereocenters. The van der Waals surface area contributed by atoms with Crippen molar-refractivity contribution in [3.05, 3.63) is 108 Å². The Bertz CT molecular complexity index is 2180. The van der Waals surface area contributed by atoms with Crippen LogP contribution in [0.1, 0.15) is 57.9 Å². The summed E-state index contributed by atoms with van der Waals surface area (Å²) in [6.07, 6.45) is -2.02. The van der Waals surface area contributed by atoms with Crippen molar-refractivity contribution in [2.75, 3.05) is 5.32 Å². The van der Waals surface area contributed by atoms with E-state index in [0.717, 1.165) is 24.8 Å². The number of benzene rings is 2. The Morgan fingerprint density at radius 1 is 0.782 bits per heavy atom. The number of anilines is 2. The van der Waals surface area contributed by atoms with Gasteiger partial charge in [-0.1, -0.05) is 24.6 Å². The van der Waals surface area contributed by atoms with E-state index in [-0.39, 0.29) is 35.0 Å². The van der Waals surface area contributed by atoms with E-state index >= 15 is 0 Å². The smallest absolute Gasteiger partial charge is 0.475 e. The van der Waals surface area contributed by atoms with E-state index in [1.54, 1.807) is 55.0 Å². The van der Waals surface area contributed by atoms with Crippen molar-refractivity contribution in [1.82, 2.24) is 24.5 Å². The zero-order chi connectivity index (χ0) is 40.2. The van der Waals surface area contributed by atoms with Crippen molar-refractivity contribution in [2.24, 2.45) is 0 Å². The van der Waals surface area contributed by atoms with E-state index < -0.39 is 35.9 Å². The molecular weight excluding hydrogens is 752 g/mol. The molecule has 1 aliphatic carbocycles. The fourth-order valence-corrected chi connectivity index (χ4v) is 6.05. The van der Waals surface area contributed by atoms with Crippen molar-refractivity contribution >= 4 is 40.9 Å². The Balaban J connectivity index is 0.000000355. The Labute approximate surface area is 304 Å². The van der Waals surface area contributed by atoms with Crippen LogP contribution in [0.2, 0.25) is 0 Å². The standard InChI is InChI=1S/C31H24F2N6O2.2C2HF3O2/c32-24-9-4-10-25(33)28(24)26-12-11-20-16-35-31(39(20)37-26)36-27-17-34-14-13-21(27)18-5-3-6-19(15-18)38-29(40)22-7-1-2-8-23(22)30(38)41;2*3-2(4,5)1(6)7/h1-2,4,7-14,16-19H,3,5-6,15H2,(H,35,36);2*(H,6,7)/t18-,19+;;/m0../s1. The number of carboxylic acids is 2. The van der Waals surface area contributed by atoms with Crippen molar-refractivity contribution < 1.29 is 64.5 Å². The number of aromatic nitrogens is 4. The number of halogens is 8. The van der Waals surface area contributed by atoms with E-state index in [1.807, 2.05) is 6.07 Å². The van der Waals surface area contributed by atoms with Crippen molar-refractivity contribution in [3.8, 4) is 11.3 Å². The summed E-state index contributed by atoms with van der Waals surface area (Å²) in [5, 5.41) is 22.0. The van der Waals surface area contributed by atoms with E-state index in [1.165, 1.54) is 27.6 Å². The average molecular weight is 779 g/mol. The molecule has 0 bridgehead atoms. The number of pyridine rings is 1. The minimum atomic E-state index is -5.08. The summed E-state index contributed by atoms with van der Waals surface area (Å²) in [6.45, 7) is 0. The lowest BCUT2D eigenvalue weighted by atomic mass is 9.80. The normalized spacial score (nSPS) is 16.8. The second kappa shape index (κ2) is 15.9. The number of imide groups is 1. The van der Waals surface area contributed by atoms with E-state index in [2.05, 4.69) is 20.4 Å². The van der Waals surface area contributed by atoms with Crippen LogP contribution in [0.15, 0.2) is 79.3 Å². The maximum atomic E-state index is 14.5. The van der Waals surface area contributed by atoms with Crippen LogP contribution in [-0.2, 0) is 9.59 Å². The number of alkyl halides is 6. The second-order valence-electron chi connectivity index (χ2n) is 12.0. The van der Waals surface area contributed by atoms with Crippen LogP contribution in [0.5, 0.6) is 0 Å². The summed E-state index contributed by atoms with van der Waals surface area (Å²) in [6, 6.07) is 15.6. The summed E-state index contributed by atoms with van der Waals surface area (Å²) < 4.78 is 93.9. The number of rotatable bonds is 5. The van der Waals surface area contributed by atoms with Gasteiger partial charge in [0.2, 0.25) is 5.95 Å². The lowest BCUT2D eigenvalue weighted by molar-refractivity contribution is -0.193. The molecule has 7 rings (SSSR count). The first-order valence-corrected chi connectivity index (χ1v) is 16.0. The number of hydrogen-bond acceptors (Lipinski definition) is 8. The topological polar surface area (TPSA) is 167 Å². The fraction of sp³-hybridized carbons (Fsp3) is 0.229. The van der Waals surface area contributed by atoms with Crippen molar-refractivity contribution in [2.45, 2.75) is 50.0 Å². The molecule has 288 valence electrons. The Morgan fingerprint density at radius 2 is 1.36 bits per heavy atom. The van der Waals surface area contributed by atoms with Gasteiger partial charge in [0, 0.05) is 12.2 Å². The lowest BCUT2D eigenvalue weighted by Crippen LogP contribution is -2.42. The van der Waals surface area contributed by atoms with Gasteiger partial charge in [-0.25, -0.2) is 23.4 Å². The zero-order valence-electron chi connectivity index (χ0n) is 27.8. The van der Waals surface area contributed by atoms with E-state index in [0.29, 0.717) is 34.7 Å². The monoisotopic (exact) mass is 778 g/mol. The number of fused-ring (bicyclic) bond motifs is 2. The Kier molecular flexibility index (Phi) is 11.5. The van der Waals surface area contributed by atoms with Crippen LogP contribution >= 0.6 is 0 Å². The Morgan fingerprint density at radius 3 is 1.93 bits per heavy atom. The molecule has 3 N–H and O–H groups in total. The predicted molar refractivity (Wildman–Crippen MR) is 175 cm³/mol. The lowest BCUT2D eigenvalue weighted by Gasteiger charge is -2.35. The highest BCUT2D eigenvalue weighted by atomic mass is 19.4. The molecule has 2 aliphatic rings. The summed E-state index contributed by atoms with van der Waals surface area (Å²) in [7, 11) is 0. The SMILES string of the molecule is O=C(O)C(F)(F)F.O=C(O)C(F)(F)F.O=C1c2ccccc2C(=O)N1[C@@H]1CCC[C@H](c2ccncc2Nc2ncc3ccc(-c4c(F)cccc4F)nn23)C1. The number of nitrogens with zero attached hydrogens (tertiary/aromatic N) is 5. The summed E-state index contributed by atoms with van der Waals surface area (Å²) in [4.78, 5) is 54.3. The van der Waals surface area contributed by atoms with Crippen LogP contribution in [0.4, 0.5) is 46.8 Å². The number of carbonyl (C=O) groups is 4. The highest BCUT2D eigenvalue weighted by Gasteiger charge is 2.42. The van der Waals surface area contributed by atoms with Crippen LogP contribution in [0, 0.1) is 11.6 Å². The zero-order valence-corrected chi connectivity index (χ0v) is 27.8. The Hall–Kier alpha value is -6.47. The van der Waals surface area contributed by atoms with Crippen LogP contribution in [0.3, 0.4) is 0 Å². The third kappa shape index (κ3) is 8.85. The number of aliphatic carboxylic acids is 2. The maximum absolute atomic E-state index is 14.5. The number of nitrogens with one attached hydrogen (secondary N) is 1. The number of carbonyl (C=O) groups excluding carboxylic acids is 2. The van der Waals surface area contributed by atoms with E-state index in [9.17, 15) is 44.7 Å². The predicted octanol–water partition coefficient (Wildman–Crippen LogP) is 7.40. The summed E-state index contributed by atoms with van der Waals surface area (Å²) in [5.41, 5.74) is 3.17. The van der Waals surface area contributed by atoms with Gasteiger partial charge < -0.3 is 15.5 Å². The van der Waals surface area contributed by atoms with Gasteiger partial charge in [-0.2, -0.15) is 36.0 Å². The molecule has 3 aromatic heterocycles. The minimum Gasteiger partial charge on any atom is -0.475 e. The van der Waals surface area contributed by atoms with Crippen molar-refractivity contribution in [3.63, 3.8) is 0 Å². The molecule has 20 heteroatoms. The molecule has 55 heavy (non-hydrogen) atoms. The first-order valence-electron chi connectivity index (χ1n) is 16.0. The number of imidazole rings is 1. The van der Waals surface area contributed by atoms with Gasteiger partial charge in [-0.15, -0.1) is 0 Å².